The van der Waals surface area contributed by atoms with Crippen molar-refractivity contribution in [2.75, 3.05) is 20.5 Å². The van der Waals surface area contributed by atoms with Crippen LogP contribution in [0.3, 0.4) is 0 Å². The van der Waals surface area contributed by atoms with E-state index in [4.69, 9.17) is 19.3 Å². The molecule has 0 heterocycles. The van der Waals surface area contributed by atoms with E-state index in [1.165, 1.54) is 103 Å². The number of allylic oxidation sites excluding steroid dienone is 1. The van der Waals surface area contributed by atoms with E-state index in [1.54, 1.807) is 0 Å². The average molecular weight is 823 g/mol. The summed E-state index contributed by atoms with van der Waals surface area (Å²) in [6.45, 7) is 4.49. The summed E-state index contributed by atoms with van der Waals surface area (Å²) in [5, 5.41) is 9.01. The topological polar surface area (TPSA) is 125 Å². The molecule has 0 radical (unpaired) electrons. The van der Waals surface area contributed by atoms with Crippen LogP contribution in [0.1, 0.15) is 245 Å². The summed E-state index contributed by atoms with van der Waals surface area (Å²) >= 11 is 0. The van der Waals surface area contributed by atoms with Gasteiger partial charge >= 0.3 is 23.9 Å². The van der Waals surface area contributed by atoms with Crippen LogP contribution in [0.15, 0.2) is 12.2 Å². The van der Waals surface area contributed by atoms with Crippen molar-refractivity contribution in [3.8, 4) is 0 Å². The van der Waals surface area contributed by atoms with Crippen LogP contribution >= 0.6 is 0 Å². The lowest BCUT2D eigenvalue weighted by Gasteiger charge is -2.17. The number of aliphatic hydroxyl groups is 1. The molecule has 0 aromatic carbocycles. The zero-order valence-corrected chi connectivity index (χ0v) is 37.9. The van der Waals surface area contributed by atoms with E-state index in [9.17, 15) is 19.2 Å². The fourth-order valence-electron chi connectivity index (χ4n) is 7.43. The summed E-state index contributed by atoms with van der Waals surface area (Å²) in [5.74, 6) is -0.290. The highest BCUT2D eigenvalue weighted by molar-refractivity contribution is 5.72. The van der Waals surface area contributed by atoms with Crippen LogP contribution in [-0.4, -0.2) is 55.6 Å². The van der Waals surface area contributed by atoms with Gasteiger partial charge in [-0.25, -0.2) is 0 Å². The Bertz CT molecular complexity index is 981. The number of carbonyl (C=O) groups is 4. The third-order valence-electron chi connectivity index (χ3n) is 11.2. The molecule has 0 rings (SSSR count). The second-order valence-electron chi connectivity index (χ2n) is 16.6. The van der Waals surface area contributed by atoms with Crippen molar-refractivity contribution < 1.29 is 43.2 Å². The SMILES string of the molecule is CCCCCCC(CCCCCCO)CCCCCCCCCCC(=O)OCOC(=O)CCCCCCC/C=C\CC(CCCCCC)OC(=O)CCCC(=O)OC. The molecule has 0 amide bonds. The second-order valence-corrected chi connectivity index (χ2v) is 16.6. The Kier molecular flexibility index (Phi) is 42.3. The zero-order valence-electron chi connectivity index (χ0n) is 37.9. The summed E-state index contributed by atoms with van der Waals surface area (Å²) in [7, 11) is 1.35. The molecule has 58 heavy (non-hydrogen) atoms. The molecule has 0 aliphatic rings. The number of esters is 4. The Labute approximate surface area is 355 Å². The Morgan fingerprint density at radius 1 is 0.466 bits per heavy atom. The highest BCUT2D eigenvalue weighted by Gasteiger charge is 2.14. The van der Waals surface area contributed by atoms with Gasteiger partial charge in [-0.15, -0.1) is 0 Å². The number of hydrogen-bond acceptors (Lipinski definition) is 9. The Hall–Kier alpha value is -2.42. The van der Waals surface area contributed by atoms with Crippen molar-refractivity contribution in [3.63, 3.8) is 0 Å². The molecule has 0 aromatic rings. The predicted molar refractivity (Wildman–Crippen MR) is 236 cm³/mol. The van der Waals surface area contributed by atoms with E-state index in [-0.39, 0.29) is 49.6 Å². The van der Waals surface area contributed by atoms with Crippen LogP contribution in [0.2, 0.25) is 0 Å². The second kappa shape index (κ2) is 44.1. The molecular formula is C49H90O9. The van der Waals surface area contributed by atoms with Gasteiger partial charge in [0.05, 0.1) is 7.11 Å². The Morgan fingerprint density at radius 2 is 0.897 bits per heavy atom. The third-order valence-corrected chi connectivity index (χ3v) is 11.2. The maximum Gasteiger partial charge on any atom is 0.308 e. The maximum atomic E-state index is 12.3. The van der Waals surface area contributed by atoms with Gasteiger partial charge in [-0.05, 0) is 57.3 Å². The van der Waals surface area contributed by atoms with Gasteiger partial charge in [0.2, 0.25) is 6.79 Å². The average Bonchev–Trinajstić information content (AvgIpc) is 3.21. The first-order valence-corrected chi connectivity index (χ1v) is 24.2. The summed E-state index contributed by atoms with van der Waals surface area (Å²) < 4.78 is 20.6. The van der Waals surface area contributed by atoms with E-state index < -0.39 is 0 Å². The third kappa shape index (κ3) is 40.4. The molecule has 0 bridgehead atoms. The van der Waals surface area contributed by atoms with Crippen LogP contribution in [0.4, 0.5) is 0 Å². The highest BCUT2D eigenvalue weighted by atomic mass is 16.7. The minimum Gasteiger partial charge on any atom is -0.469 e. The summed E-state index contributed by atoms with van der Waals surface area (Å²) in [6, 6.07) is 0. The minimum absolute atomic E-state index is 0.125. The molecule has 0 fully saturated rings. The summed E-state index contributed by atoms with van der Waals surface area (Å²) in [5.41, 5.74) is 0. The van der Waals surface area contributed by atoms with Gasteiger partial charge in [-0.3, -0.25) is 19.2 Å². The first kappa shape index (κ1) is 55.6. The van der Waals surface area contributed by atoms with Crippen LogP contribution in [0.5, 0.6) is 0 Å². The van der Waals surface area contributed by atoms with Crippen LogP contribution in [0, 0.1) is 5.92 Å². The molecule has 0 aliphatic carbocycles. The molecule has 2 atom stereocenters. The monoisotopic (exact) mass is 823 g/mol. The molecule has 340 valence electrons. The van der Waals surface area contributed by atoms with Gasteiger partial charge in [0.1, 0.15) is 6.10 Å². The van der Waals surface area contributed by atoms with E-state index >= 15 is 0 Å². The molecule has 2 unspecified atom stereocenters. The maximum absolute atomic E-state index is 12.3. The predicted octanol–water partition coefficient (Wildman–Crippen LogP) is 13.4. The number of ether oxygens (including phenoxy) is 4. The quantitative estimate of drug-likeness (QED) is 0.0210. The minimum atomic E-state index is -0.319. The van der Waals surface area contributed by atoms with Gasteiger partial charge in [-0.2, -0.15) is 0 Å². The van der Waals surface area contributed by atoms with Crippen molar-refractivity contribution >= 4 is 23.9 Å². The number of aliphatic hydroxyl groups excluding tert-OH is 1. The zero-order chi connectivity index (χ0) is 42.6. The molecule has 9 nitrogen and oxygen atoms in total. The summed E-state index contributed by atoms with van der Waals surface area (Å²) in [6.07, 6.45) is 41.4. The molecule has 0 aliphatic heterocycles. The molecule has 0 aromatic heterocycles. The lowest BCUT2D eigenvalue weighted by Crippen LogP contribution is -2.18. The van der Waals surface area contributed by atoms with E-state index in [0.29, 0.717) is 32.3 Å². The molecule has 0 saturated carbocycles. The van der Waals surface area contributed by atoms with Crippen molar-refractivity contribution in [1.29, 1.82) is 0 Å². The smallest absolute Gasteiger partial charge is 0.308 e. The number of carbonyl (C=O) groups excluding carboxylic acids is 4. The molecular weight excluding hydrogens is 733 g/mol. The van der Waals surface area contributed by atoms with Crippen LogP contribution < -0.4 is 0 Å². The van der Waals surface area contributed by atoms with E-state index in [1.807, 2.05) is 0 Å². The molecule has 0 saturated heterocycles. The van der Waals surface area contributed by atoms with E-state index in [0.717, 1.165) is 102 Å². The van der Waals surface area contributed by atoms with Crippen LogP contribution in [0.25, 0.3) is 0 Å². The number of hydrogen-bond donors (Lipinski definition) is 1. The number of methoxy groups -OCH3 is 1. The molecule has 1 N–H and O–H groups in total. The molecule has 0 spiro atoms. The number of unbranched alkanes of at least 4 members (excludes halogenated alkanes) is 21. The molecule has 9 heteroatoms. The van der Waals surface area contributed by atoms with Crippen molar-refractivity contribution in [3.05, 3.63) is 12.2 Å². The standard InChI is InChI=1S/C49H90O9/c1-4-6-8-24-33-44(35-26-22-23-31-42-50)34-25-18-14-10-12-16-20-29-38-47(52)56-43-57-48(53)39-30-21-17-13-11-15-19-28-37-45(36-27-9-7-5-2)58-49(54)41-32-40-46(51)55-3/h19,28,44-45,50H,4-18,20-27,29-43H2,1-3H3/b28-19-. The lowest BCUT2D eigenvalue weighted by atomic mass is 9.89. The van der Waals surface area contributed by atoms with Crippen molar-refractivity contribution in [2.45, 2.75) is 251 Å². The van der Waals surface area contributed by atoms with Gasteiger partial charge in [0.15, 0.2) is 0 Å². The summed E-state index contributed by atoms with van der Waals surface area (Å²) in [4.78, 5) is 47.7. The van der Waals surface area contributed by atoms with E-state index in [2.05, 4.69) is 30.7 Å². The van der Waals surface area contributed by atoms with Gasteiger partial charge in [0.25, 0.3) is 0 Å². The van der Waals surface area contributed by atoms with Crippen LogP contribution in [-0.2, 0) is 38.1 Å². The number of rotatable bonds is 44. The Balaban J connectivity index is 3.85. The first-order valence-electron chi connectivity index (χ1n) is 24.2. The van der Waals surface area contributed by atoms with Crippen molar-refractivity contribution in [1.82, 2.24) is 0 Å². The fraction of sp³-hybridized carbons (Fsp3) is 0.878. The van der Waals surface area contributed by atoms with Gasteiger partial charge in [0, 0.05) is 38.7 Å². The van der Waals surface area contributed by atoms with Crippen molar-refractivity contribution in [2.24, 2.45) is 5.92 Å². The fourth-order valence-corrected chi connectivity index (χ4v) is 7.43. The largest absolute Gasteiger partial charge is 0.469 e. The Morgan fingerprint density at radius 3 is 1.41 bits per heavy atom. The first-order chi connectivity index (χ1) is 28.4. The normalized spacial score (nSPS) is 12.4. The van der Waals surface area contributed by atoms with Gasteiger partial charge in [-0.1, -0.05) is 174 Å². The highest BCUT2D eigenvalue weighted by Crippen LogP contribution is 2.24. The van der Waals surface area contributed by atoms with Gasteiger partial charge < -0.3 is 24.1 Å². The lowest BCUT2D eigenvalue weighted by molar-refractivity contribution is -0.167.